The molecule has 2 rings (SSSR count). The summed E-state index contributed by atoms with van der Waals surface area (Å²) in [5.74, 6) is -0.327. The maximum atomic E-state index is 12.2. The van der Waals surface area contributed by atoms with Gasteiger partial charge in [-0.2, -0.15) is 0 Å². The minimum atomic E-state index is -0.473. The maximum Gasteiger partial charge on any atom is 0.315 e. The van der Waals surface area contributed by atoms with Crippen LogP contribution in [0, 0.1) is 13.8 Å². The predicted octanol–water partition coefficient (Wildman–Crippen LogP) is 2.35. The van der Waals surface area contributed by atoms with Gasteiger partial charge < -0.3 is 15.4 Å². The number of rotatable bonds is 7. The minimum absolute atomic E-state index is 0.0533. The molecular weight excluding hydrogens is 384 g/mol. The average Bonchev–Trinajstić information content (AvgIpc) is 2.68. The number of urea groups is 1. The molecule has 0 heterocycles. The third-order valence-electron chi connectivity index (χ3n) is 3.97. The molecule has 0 aromatic heterocycles. The monoisotopic (exact) mass is 412 g/mol. The van der Waals surface area contributed by atoms with Crippen molar-refractivity contribution in [2.75, 3.05) is 6.61 Å². The molecule has 0 saturated carbocycles. The van der Waals surface area contributed by atoms with Crippen molar-refractivity contribution in [2.24, 2.45) is 0 Å². The van der Waals surface area contributed by atoms with Crippen LogP contribution < -0.4 is 26.2 Å². The van der Waals surface area contributed by atoms with Crippen LogP contribution in [-0.4, -0.2) is 30.5 Å². The number of nitrogens with one attached hydrogen (secondary N) is 4. The summed E-state index contributed by atoms with van der Waals surface area (Å²) in [7, 11) is 0. The largest absolute Gasteiger partial charge is 0.484 e. The average molecular weight is 412 g/mol. The van der Waals surface area contributed by atoms with Crippen LogP contribution in [0.4, 0.5) is 4.79 Å². The molecule has 4 amide bonds. The topological polar surface area (TPSA) is 109 Å². The van der Waals surface area contributed by atoms with Crippen molar-refractivity contribution in [1.82, 2.24) is 21.5 Å². The lowest BCUT2D eigenvalue weighted by molar-refractivity contribution is -0.123. The van der Waals surface area contributed by atoms with Gasteiger partial charge in [0.1, 0.15) is 5.75 Å². The lowest BCUT2D eigenvalue weighted by Crippen LogP contribution is -2.43. The van der Waals surface area contributed by atoms with Crippen molar-refractivity contribution in [3.05, 3.63) is 64.7 Å². The van der Waals surface area contributed by atoms with E-state index in [1.54, 1.807) is 24.3 Å². The van der Waals surface area contributed by atoms with Gasteiger partial charge in [0.25, 0.3) is 11.8 Å². The van der Waals surface area contributed by atoms with E-state index in [1.165, 1.54) is 0 Å². The molecule has 0 aliphatic rings. The zero-order valence-corrected chi connectivity index (χ0v) is 17.7. The van der Waals surface area contributed by atoms with Gasteiger partial charge in [0.15, 0.2) is 6.61 Å². The van der Waals surface area contributed by atoms with E-state index in [2.05, 4.69) is 21.5 Å². The predicted molar refractivity (Wildman–Crippen MR) is 114 cm³/mol. The van der Waals surface area contributed by atoms with Crippen molar-refractivity contribution in [1.29, 1.82) is 0 Å². The summed E-state index contributed by atoms with van der Waals surface area (Å²) < 4.78 is 5.45. The number of hydrogen-bond donors (Lipinski definition) is 4. The molecule has 0 saturated heterocycles. The van der Waals surface area contributed by atoms with Crippen molar-refractivity contribution >= 4 is 17.8 Å². The second kappa shape index (κ2) is 10.8. The number of amides is 4. The van der Waals surface area contributed by atoms with Crippen molar-refractivity contribution in [2.45, 2.75) is 40.3 Å². The second-order valence-corrected chi connectivity index (χ2v) is 7.29. The molecule has 0 unspecified atom stereocenters. The van der Waals surface area contributed by atoms with Gasteiger partial charge in [0, 0.05) is 18.2 Å². The lowest BCUT2D eigenvalue weighted by Gasteiger charge is -2.11. The van der Waals surface area contributed by atoms with Crippen molar-refractivity contribution < 1.29 is 19.1 Å². The molecule has 2 aromatic rings. The Morgan fingerprint density at radius 1 is 0.933 bits per heavy atom. The van der Waals surface area contributed by atoms with E-state index in [4.69, 9.17) is 4.74 Å². The first-order chi connectivity index (χ1) is 14.2. The van der Waals surface area contributed by atoms with Gasteiger partial charge >= 0.3 is 6.03 Å². The van der Waals surface area contributed by atoms with Gasteiger partial charge in [-0.05, 0) is 68.7 Å². The summed E-state index contributed by atoms with van der Waals surface area (Å²) in [6.07, 6.45) is 0. The molecule has 0 atom stereocenters. The molecule has 160 valence electrons. The van der Waals surface area contributed by atoms with Crippen LogP contribution in [0.2, 0.25) is 0 Å². The first-order valence-electron chi connectivity index (χ1n) is 9.66. The highest BCUT2D eigenvalue weighted by Crippen LogP contribution is 2.15. The SMILES string of the molecule is Cc1cc(C)cc(OCC(=O)NNC(=O)c2ccc(CNC(=O)NC(C)C)cc2)c1. The van der Waals surface area contributed by atoms with Crippen LogP contribution in [0.25, 0.3) is 0 Å². The molecule has 0 aliphatic carbocycles. The van der Waals surface area contributed by atoms with E-state index in [1.807, 2.05) is 45.9 Å². The van der Waals surface area contributed by atoms with Crippen LogP contribution in [0.15, 0.2) is 42.5 Å². The van der Waals surface area contributed by atoms with E-state index in [0.29, 0.717) is 17.9 Å². The zero-order valence-electron chi connectivity index (χ0n) is 17.7. The molecule has 0 spiro atoms. The van der Waals surface area contributed by atoms with Gasteiger partial charge in [-0.1, -0.05) is 18.2 Å². The normalized spacial score (nSPS) is 10.3. The Bertz CT molecular complexity index is 874. The molecule has 0 bridgehead atoms. The molecule has 30 heavy (non-hydrogen) atoms. The van der Waals surface area contributed by atoms with Crippen LogP contribution >= 0.6 is 0 Å². The van der Waals surface area contributed by atoms with Gasteiger partial charge in [0.05, 0.1) is 0 Å². The number of hydrazine groups is 1. The highest BCUT2D eigenvalue weighted by molar-refractivity contribution is 5.95. The summed E-state index contributed by atoms with van der Waals surface area (Å²) in [6, 6.07) is 12.2. The summed E-state index contributed by atoms with van der Waals surface area (Å²) in [6.45, 7) is 7.77. The lowest BCUT2D eigenvalue weighted by atomic mass is 10.1. The quantitative estimate of drug-likeness (QED) is 0.524. The molecule has 8 nitrogen and oxygen atoms in total. The smallest absolute Gasteiger partial charge is 0.315 e. The van der Waals surface area contributed by atoms with Crippen LogP contribution in [0.5, 0.6) is 5.75 Å². The summed E-state index contributed by atoms with van der Waals surface area (Å²) in [4.78, 5) is 35.7. The van der Waals surface area contributed by atoms with Gasteiger partial charge in [-0.25, -0.2) is 4.79 Å². The summed E-state index contributed by atoms with van der Waals surface area (Å²) in [5.41, 5.74) is 7.97. The number of aryl methyl sites for hydroxylation is 2. The summed E-state index contributed by atoms with van der Waals surface area (Å²) >= 11 is 0. The summed E-state index contributed by atoms with van der Waals surface area (Å²) in [5, 5.41) is 5.46. The van der Waals surface area contributed by atoms with E-state index in [-0.39, 0.29) is 18.7 Å². The fraction of sp³-hybridized carbons (Fsp3) is 0.318. The molecule has 0 radical (unpaired) electrons. The van der Waals surface area contributed by atoms with Crippen LogP contribution in [0.1, 0.15) is 40.9 Å². The number of ether oxygens (including phenoxy) is 1. The molecular formula is C22H28N4O4. The number of carbonyl (C=O) groups excluding carboxylic acids is 3. The molecule has 8 heteroatoms. The molecule has 0 aliphatic heterocycles. The van der Waals surface area contributed by atoms with Crippen LogP contribution in [-0.2, 0) is 11.3 Å². The zero-order chi connectivity index (χ0) is 22.1. The minimum Gasteiger partial charge on any atom is -0.484 e. The Hall–Kier alpha value is -3.55. The Labute approximate surface area is 176 Å². The van der Waals surface area contributed by atoms with E-state index in [0.717, 1.165) is 16.7 Å². The highest BCUT2D eigenvalue weighted by atomic mass is 16.5. The first-order valence-corrected chi connectivity index (χ1v) is 9.66. The number of carbonyl (C=O) groups is 3. The Morgan fingerprint density at radius 2 is 1.57 bits per heavy atom. The van der Waals surface area contributed by atoms with Gasteiger partial charge in [-0.15, -0.1) is 0 Å². The third-order valence-corrected chi connectivity index (χ3v) is 3.97. The van der Waals surface area contributed by atoms with E-state index in [9.17, 15) is 14.4 Å². The van der Waals surface area contributed by atoms with Crippen molar-refractivity contribution in [3.8, 4) is 5.75 Å². The number of benzene rings is 2. The van der Waals surface area contributed by atoms with Gasteiger partial charge in [0.2, 0.25) is 0 Å². The fourth-order valence-electron chi connectivity index (χ4n) is 2.67. The molecule has 0 fully saturated rings. The highest BCUT2D eigenvalue weighted by Gasteiger charge is 2.09. The Balaban J connectivity index is 1.76. The van der Waals surface area contributed by atoms with Crippen molar-refractivity contribution in [3.63, 3.8) is 0 Å². The van der Waals surface area contributed by atoms with Gasteiger partial charge in [-0.3, -0.25) is 20.4 Å². The maximum absolute atomic E-state index is 12.2. The Kier molecular flexibility index (Phi) is 8.22. The van der Waals surface area contributed by atoms with E-state index < -0.39 is 11.8 Å². The van der Waals surface area contributed by atoms with E-state index >= 15 is 0 Å². The molecule has 2 aromatic carbocycles. The fourth-order valence-corrected chi connectivity index (χ4v) is 2.67. The Morgan fingerprint density at radius 3 is 2.17 bits per heavy atom. The first kappa shape index (κ1) is 22.7. The third kappa shape index (κ3) is 7.83. The van der Waals surface area contributed by atoms with Crippen LogP contribution in [0.3, 0.4) is 0 Å². The number of hydrogen-bond acceptors (Lipinski definition) is 4. The standard InChI is InChI=1S/C22H28N4O4/c1-14(2)24-22(29)23-12-17-5-7-18(8-6-17)21(28)26-25-20(27)13-30-19-10-15(3)9-16(4)11-19/h5-11,14H,12-13H2,1-4H3,(H,25,27)(H,26,28)(H2,23,24,29). The molecule has 4 N–H and O–H groups in total. The second-order valence-electron chi connectivity index (χ2n) is 7.29.